The van der Waals surface area contributed by atoms with Crippen LogP contribution in [0.3, 0.4) is 0 Å². The van der Waals surface area contributed by atoms with Gasteiger partial charge >= 0.3 is 0 Å². The first-order valence-electron chi connectivity index (χ1n) is 7.08. The van der Waals surface area contributed by atoms with E-state index in [-0.39, 0.29) is 0 Å². The number of hydrogen-bond donors (Lipinski definition) is 1. The largest absolute Gasteiger partial charge is 0.383 e. The minimum atomic E-state index is 0.431. The maximum absolute atomic E-state index is 6.22. The van der Waals surface area contributed by atoms with E-state index in [2.05, 4.69) is 41.5 Å². The Hall–Kier alpha value is -2.06. The Labute approximate surface area is 129 Å². The Morgan fingerprint density at radius 3 is 2.67 bits per heavy atom. The highest BCUT2D eigenvalue weighted by molar-refractivity contribution is 6.35. The summed E-state index contributed by atoms with van der Waals surface area (Å²) in [5, 5.41) is 5.21. The highest BCUT2D eigenvalue weighted by Crippen LogP contribution is 2.28. The number of benzene rings is 2. The van der Waals surface area contributed by atoms with Crippen molar-refractivity contribution in [2.45, 2.75) is 12.8 Å². The molecular weight excluding hydrogens is 280 g/mol. The summed E-state index contributed by atoms with van der Waals surface area (Å²) in [6, 6.07) is 18.3. The van der Waals surface area contributed by atoms with Crippen LogP contribution in [0.25, 0.3) is 10.9 Å². The van der Waals surface area contributed by atoms with Crippen molar-refractivity contribution in [1.29, 1.82) is 0 Å². The van der Waals surface area contributed by atoms with Crippen molar-refractivity contribution in [2.24, 2.45) is 0 Å². The van der Waals surface area contributed by atoms with E-state index < -0.39 is 0 Å². The molecule has 0 aliphatic rings. The maximum Gasteiger partial charge on any atom is 0.0948 e. The molecule has 0 aliphatic carbocycles. The van der Waals surface area contributed by atoms with E-state index in [1.807, 2.05) is 30.3 Å². The molecule has 3 aromatic rings. The van der Waals surface area contributed by atoms with E-state index in [0.29, 0.717) is 5.92 Å². The van der Waals surface area contributed by atoms with Crippen LogP contribution in [0.15, 0.2) is 60.8 Å². The van der Waals surface area contributed by atoms with Crippen molar-refractivity contribution < 1.29 is 0 Å². The molecular formula is C18H17ClN2. The smallest absolute Gasteiger partial charge is 0.0948 e. The first-order valence-corrected chi connectivity index (χ1v) is 7.45. The van der Waals surface area contributed by atoms with Crippen LogP contribution >= 0.6 is 11.6 Å². The van der Waals surface area contributed by atoms with Crippen molar-refractivity contribution in [1.82, 2.24) is 4.98 Å². The minimum absolute atomic E-state index is 0.431. The molecule has 0 bridgehead atoms. The molecule has 1 unspecified atom stereocenters. The zero-order chi connectivity index (χ0) is 14.7. The normalized spacial score (nSPS) is 12.3. The van der Waals surface area contributed by atoms with Crippen molar-refractivity contribution in [3.05, 3.63) is 71.4 Å². The van der Waals surface area contributed by atoms with Gasteiger partial charge in [-0.25, -0.2) is 0 Å². The summed E-state index contributed by atoms with van der Waals surface area (Å²) in [6.45, 7) is 3.07. The Morgan fingerprint density at radius 2 is 1.86 bits per heavy atom. The highest BCUT2D eigenvalue weighted by Gasteiger charge is 2.08. The molecule has 0 radical (unpaired) electrons. The lowest BCUT2D eigenvalue weighted by Gasteiger charge is -2.15. The summed E-state index contributed by atoms with van der Waals surface area (Å²) >= 11 is 6.22. The quantitative estimate of drug-likeness (QED) is 0.724. The number of pyridine rings is 1. The number of rotatable bonds is 4. The lowest BCUT2D eigenvalue weighted by molar-refractivity contribution is 0.805. The second-order valence-electron chi connectivity index (χ2n) is 5.19. The number of nitrogens with zero attached hydrogens (tertiary/aromatic N) is 1. The fraction of sp³-hybridized carbons (Fsp3) is 0.167. The molecule has 0 spiro atoms. The summed E-state index contributed by atoms with van der Waals surface area (Å²) in [5.74, 6) is 0.431. The van der Waals surface area contributed by atoms with Crippen LogP contribution in [0.2, 0.25) is 5.02 Å². The van der Waals surface area contributed by atoms with Crippen LogP contribution < -0.4 is 5.32 Å². The van der Waals surface area contributed by atoms with Crippen molar-refractivity contribution in [2.75, 3.05) is 11.9 Å². The van der Waals surface area contributed by atoms with Crippen molar-refractivity contribution in [3.63, 3.8) is 0 Å². The van der Waals surface area contributed by atoms with Gasteiger partial charge in [0.2, 0.25) is 0 Å². The first-order chi connectivity index (χ1) is 10.3. The molecule has 0 amide bonds. The first kappa shape index (κ1) is 13.9. The predicted molar refractivity (Wildman–Crippen MR) is 90.1 cm³/mol. The van der Waals surface area contributed by atoms with Gasteiger partial charge in [-0.2, -0.15) is 0 Å². The summed E-state index contributed by atoms with van der Waals surface area (Å²) in [6.07, 6.45) is 1.80. The second-order valence-corrected chi connectivity index (χ2v) is 5.59. The molecule has 0 saturated carbocycles. The van der Waals surface area contributed by atoms with Gasteiger partial charge in [-0.3, -0.25) is 4.98 Å². The number of halogens is 1. The number of aromatic nitrogens is 1. The van der Waals surface area contributed by atoms with Gasteiger partial charge in [0.25, 0.3) is 0 Å². The molecule has 1 N–H and O–H groups in total. The Morgan fingerprint density at radius 1 is 1.05 bits per heavy atom. The van der Waals surface area contributed by atoms with Crippen LogP contribution in [0, 0.1) is 0 Å². The minimum Gasteiger partial charge on any atom is -0.383 e. The molecule has 3 rings (SSSR count). The maximum atomic E-state index is 6.22. The average Bonchev–Trinajstić information content (AvgIpc) is 2.55. The fourth-order valence-electron chi connectivity index (χ4n) is 2.44. The van der Waals surface area contributed by atoms with E-state index in [4.69, 9.17) is 11.6 Å². The third-order valence-corrected chi connectivity index (χ3v) is 4.01. The lowest BCUT2D eigenvalue weighted by Crippen LogP contribution is -2.10. The molecule has 0 saturated heterocycles. The van der Waals surface area contributed by atoms with Crippen LogP contribution in [0.5, 0.6) is 0 Å². The summed E-state index contributed by atoms with van der Waals surface area (Å²) in [7, 11) is 0. The zero-order valence-electron chi connectivity index (χ0n) is 11.9. The third-order valence-electron chi connectivity index (χ3n) is 3.68. The highest BCUT2D eigenvalue weighted by atomic mass is 35.5. The molecule has 3 heteroatoms. The summed E-state index contributed by atoms with van der Waals surface area (Å²) in [4.78, 5) is 4.45. The molecule has 106 valence electrons. The van der Waals surface area contributed by atoms with Gasteiger partial charge in [0.15, 0.2) is 0 Å². The molecule has 1 aromatic heterocycles. The van der Waals surface area contributed by atoms with Gasteiger partial charge in [-0.15, -0.1) is 0 Å². The van der Waals surface area contributed by atoms with Gasteiger partial charge in [-0.1, -0.05) is 48.9 Å². The predicted octanol–water partition coefficient (Wildman–Crippen LogP) is 5.10. The van der Waals surface area contributed by atoms with Gasteiger partial charge in [0, 0.05) is 18.1 Å². The van der Waals surface area contributed by atoms with Crippen LogP contribution in [0.1, 0.15) is 18.4 Å². The molecule has 21 heavy (non-hydrogen) atoms. The summed E-state index contributed by atoms with van der Waals surface area (Å²) < 4.78 is 0. The van der Waals surface area contributed by atoms with Crippen molar-refractivity contribution in [3.8, 4) is 0 Å². The molecule has 0 aliphatic heterocycles. The lowest BCUT2D eigenvalue weighted by atomic mass is 10.0. The van der Waals surface area contributed by atoms with E-state index in [1.54, 1.807) is 6.20 Å². The third kappa shape index (κ3) is 3.01. The average molecular weight is 297 g/mol. The van der Waals surface area contributed by atoms with Gasteiger partial charge in [0.05, 0.1) is 16.2 Å². The number of fused-ring (bicyclic) bond motifs is 1. The van der Waals surface area contributed by atoms with E-state index in [1.165, 1.54) is 5.56 Å². The standard InChI is InChI=1S/C18H17ClN2/c1-13(14-6-3-2-4-7-14)12-21-17-10-9-16(19)15-8-5-11-20-18(15)17/h2-11,13,21H,12H2,1H3. The Bertz CT molecular complexity index is 741. The summed E-state index contributed by atoms with van der Waals surface area (Å²) in [5.41, 5.74) is 3.28. The zero-order valence-corrected chi connectivity index (χ0v) is 12.6. The molecule has 2 aromatic carbocycles. The Balaban J connectivity index is 1.81. The van der Waals surface area contributed by atoms with Crippen LogP contribution in [-0.2, 0) is 0 Å². The Kier molecular flexibility index (Phi) is 4.07. The van der Waals surface area contributed by atoms with Gasteiger partial charge in [0.1, 0.15) is 0 Å². The fourth-order valence-corrected chi connectivity index (χ4v) is 2.66. The molecule has 2 nitrogen and oxygen atoms in total. The van der Waals surface area contributed by atoms with Crippen LogP contribution in [-0.4, -0.2) is 11.5 Å². The SMILES string of the molecule is CC(CNc1ccc(Cl)c2cccnc12)c1ccccc1. The molecule has 0 fully saturated rings. The number of anilines is 1. The monoisotopic (exact) mass is 296 g/mol. The van der Waals surface area contributed by atoms with E-state index >= 15 is 0 Å². The topological polar surface area (TPSA) is 24.9 Å². The van der Waals surface area contributed by atoms with Crippen molar-refractivity contribution >= 4 is 28.2 Å². The van der Waals surface area contributed by atoms with E-state index in [0.717, 1.165) is 28.2 Å². The van der Waals surface area contributed by atoms with Gasteiger partial charge in [-0.05, 0) is 35.7 Å². The number of nitrogens with one attached hydrogen (secondary N) is 1. The molecule has 1 heterocycles. The second kappa shape index (κ2) is 6.15. The van der Waals surface area contributed by atoms with Gasteiger partial charge < -0.3 is 5.32 Å². The molecule has 1 atom stereocenters. The van der Waals surface area contributed by atoms with Crippen LogP contribution in [0.4, 0.5) is 5.69 Å². The number of hydrogen-bond acceptors (Lipinski definition) is 2. The van der Waals surface area contributed by atoms with E-state index in [9.17, 15) is 0 Å².